The lowest BCUT2D eigenvalue weighted by Gasteiger charge is -2.30. The topological polar surface area (TPSA) is 73.7 Å². The number of carboxylic acid groups (broad SMARTS) is 1. The lowest BCUT2D eigenvalue weighted by atomic mass is 9.88. The van der Waals surface area contributed by atoms with Crippen LogP contribution in [-0.4, -0.2) is 59.0 Å². The van der Waals surface area contributed by atoms with E-state index >= 15 is 0 Å². The number of hydrogen-bond acceptors (Lipinski definition) is 4. The van der Waals surface area contributed by atoms with Gasteiger partial charge in [-0.05, 0) is 35.1 Å². The van der Waals surface area contributed by atoms with E-state index in [0.29, 0.717) is 11.8 Å². The third-order valence-corrected chi connectivity index (χ3v) is 5.40. The van der Waals surface area contributed by atoms with Crippen LogP contribution in [-0.2, 0) is 16.1 Å². The maximum absolute atomic E-state index is 12.3. The molecule has 6 nitrogen and oxygen atoms in total. The molecule has 3 heterocycles. The van der Waals surface area contributed by atoms with Crippen molar-refractivity contribution in [1.29, 1.82) is 0 Å². The Labute approximate surface area is 159 Å². The van der Waals surface area contributed by atoms with Crippen LogP contribution in [0.25, 0.3) is 11.1 Å². The Bertz CT molecular complexity index is 764. The van der Waals surface area contributed by atoms with Crippen LogP contribution in [0.2, 0.25) is 0 Å². The third-order valence-electron chi connectivity index (χ3n) is 5.40. The lowest BCUT2D eigenvalue weighted by Crippen LogP contribution is -2.42. The van der Waals surface area contributed by atoms with Gasteiger partial charge in [0, 0.05) is 45.6 Å². The molecule has 2 saturated heterocycles. The molecule has 6 heteroatoms. The van der Waals surface area contributed by atoms with Gasteiger partial charge in [0.15, 0.2) is 0 Å². The van der Waals surface area contributed by atoms with E-state index in [9.17, 15) is 4.79 Å². The van der Waals surface area contributed by atoms with Gasteiger partial charge in [0.25, 0.3) is 6.47 Å². The van der Waals surface area contributed by atoms with Crippen molar-refractivity contribution < 1.29 is 14.7 Å². The zero-order valence-electron chi connectivity index (χ0n) is 15.5. The number of carbonyl (C=O) groups excluding carboxylic acids is 1. The molecule has 0 spiro atoms. The van der Waals surface area contributed by atoms with E-state index in [4.69, 9.17) is 9.90 Å². The summed E-state index contributed by atoms with van der Waals surface area (Å²) in [4.78, 5) is 29.2. The Morgan fingerprint density at radius 1 is 1.19 bits per heavy atom. The Hall–Kier alpha value is -2.73. The van der Waals surface area contributed by atoms with Gasteiger partial charge >= 0.3 is 0 Å². The van der Waals surface area contributed by atoms with Gasteiger partial charge < -0.3 is 10.0 Å². The van der Waals surface area contributed by atoms with Crippen LogP contribution < -0.4 is 0 Å². The van der Waals surface area contributed by atoms with E-state index in [1.165, 1.54) is 11.1 Å². The molecule has 0 bridgehead atoms. The number of nitrogens with zero attached hydrogens (tertiary/aromatic N) is 3. The van der Waals surface area contributed by atoms with Gasteiger partial charge in [0.2, 0.25) is 5.91 Å². The summed E-state index contributed by atoms with van der Waals surface area (Å²) >= 11 is 0. The van der Waals surface area contributed by atoms with Crippen LogP contribution >= 0.6 is 0 Å². The first-order valence-corrected chi connectivity index (χ1v) is 9.17. The number of pyridine rings is 1. The zero-order chi connectivity index (χ0) is 19.2. The molecular formula is C21H25N3O3. The molecule has 1 aromatic carbocycles. The van der Waals surface area contributed by atoms with Crippen LogP contribution in [0.5, 0.6) is 0 Å². The molecule has 27 heavy (non-hydrogen) atoms. The minimum atomic E-state index is -0.250. The SMILES string of the molecule is CN1CC[C@@H]2CN(Cc3ccc(-c4cccnc4)cc3)C[C@@H]2C1=O.O=CO. The minimum absolute atomic E-state index is 0.207. The summed E-state index contributed by atoms with van der Waals surface area (Å²) in [5, 5.41) is 6.89. The summed E-state index contributed by atoms with van der Waals surface area (Å²) in [7, 11) is 1.93. The predicted molar refractivity (Wildman–Crippen MR) is 103 cm³/mol. The smallest absolute Gasteiger partial charge is 0.290 e. The van der Waals surface area contributed by atoms with Gasteiger partial charge in [0.1, 0.15) is 0 Å². The summed E-state index contributed by atoms with van der Waals surface area (Å²) in [5.41, 5.74) is 3.64. The molecule has 1 amide bonds. The number of aromatic nitrogens is 1. The van der Waals surface area contributed by atoms with E-state index in [1.807, 2.05) is 24.2 Å². The van der Waals surface area contributed by atoms with Crippen molar-refractivity contribution in [2.24, 2.45) is 11.8 Å². The van der Waals surface area contributed by atoms with Crippen LogP contribution in [0, 0.1) is 11.8 Å². The van der Waals surface area contributed by atoms with Crippen molar-refractivity contribution in [3.05, 3.63) is 54.4 Å². The summed E-state index contributed by atoms with van der Waals surface area (Å²) in [6.45, 7) is 3.54. The summed E-state index contributed by atoms with van der Waals surface area (Å²) in [6.07, 6.45) is 4.83. The second kappa shape index (κ2) is 8.77. The molecule has 142 valence electrons. The summed E-state index contributed by atoms with van der Waals surface area (Å²) in [6, 6.07) is 12.7. The number of benzene rings is 1. The van der Waals surface area contributed by atoms with Gasteiger partial charge in [-0.3, -0.25) is 19.5 Å². The van der Waals surface area contributed by atoms with E-state index in [1.54, 1.807) is 6.20 Å². The van der Waals surface area contributed by atoms with Gasteiger partial charge in [-0.15, -0.1) is 0 Å². The van der Waals surface area contributed by atoms with Gasteiger partial charge in [0.05, 0.1) is 5.92 Å². The van der Waals surface area contributed by atoms with Crippen LogP contribution in [0.15, 0.2) is 48.8 Å². The van der Waals surface area contributed by atoms with Crippen molar-refractivity contribution in [3.63, 3.8) is 0 Å². The molecular weight excluding hydrogens is 342 g/mol. The molecule has 2 aromatic rings. The lowest BCUT2D eigenvalue weighted by molar-refractivity contribution is -0.137. The quantitative estimate of drug-likeness (QED) is 0.843. The third kappa shape index (κ3) is 4.52. The molecule has 2 atom stereocenters. The molecule has 1 N–H and O–H groups in total. The first-order valence-electron chi connectivity index (χ1n) is 9.17. The maximum Gasteiger partial charge on any atom is 0.290 e. The monoisotopic (exact) mass is 367 g/mol. The highest BCUT2D eigenvalue weighted by Gasteiger charge is 2.41. The maximum atomic E-state index is 12.3. The van der Waals surface area contributed by atoms with Crippen LogP contribution in [0.3, 0.4) is 0 Å². The minimum Gasteiger partial charge on any atom is -0.483 e. The van der Waals surface area contributed by atoms with Crippen molar-refractivity contribution in [1.82, 2.24) is 14.8 Å². The van der Waals surface area contributed by atoms with Gasteiger partial charge in [-0.1, -0.05) is 30.3 Å². The second-order valence-corrected chi connectivity index (χ2v) is 7.15. The van der Waals surface area contributed by atoms with Crippen LogP contribution in [0.1, 0.15) is 12.0 Å². The molecule has 0 radical (unpaired) electrons. The number of rotatable bonds is 3. The van der Waals surface area contributed by atoms with Crippen molar-refractivity contribution in [2.75, 3.05) is 26.7 Å². The molecule has 0 aliphatic carbocycles. The second-order valence-electron chi connectivity index (χ2n) is 7.15. The van der Waals surface area contributed by atoms with Gasteiger partial charge in [-0.25, -0.2) is 0 Å². The Morgan fingerprint density at radius 2 is 1.93 bits per heavy atom. The summed E-state index contributed by atoms with van der Waals surface area (Å²) in [5.74, 6) is 1.09. The fourth-order valence-electron chi connectivity index (χ4n) is 4.01. The van der Waals surface area contributed by atoms with Crippen molar-refractivity contribution in [3.8, 4) is 11.1 Å². The predicted octanol–water partition coefficient (Wildman–Crippen LogP) is 2.36. The number of piperidine rings is 1. The average molecular weight is 367 g/mol. The number of carbonyl (C=O) groups is 2. The fourth-order valence-corrected chi connectivity index (χ4v) is 4.01. The Kier molecular flexibility index (Phi) is 6.19. The first kappa shape index (κ1) is 19.0. The highest BCUT2D eigenvalue weighted by atomic mass is 16.3. The molecule has 0 unspecified atom stereocenters. The first-order chi connectivity index (χ1) is 13.1. The van der Waals surface area contributed by atoms with E-state index < -0.39 is 0 Å². The fraction of sp³-hybridized carbons (Fsp3) is 0.381. The summed E-state index contributed by atoms with van der Waals surface area (Å²) < 4.78 is 0. The highest BCUT2D eigenvalue weighted by Crippen LogP contribution is 2.32. The van der Waals surface area contributed by atoms with Gasteiger partial charge in [-0.2, -0.15) is 0 Å². The standard InChI is InChI=1S/C20H23N3O.CH2O2/c1-22-10-8-18-13-23(14-19(18)20(22)24)12-15-4-6-16(7-5-15)17-3-2-9-21-11-17;2-1-3/h2-7,9,11,18-19H,8,10,12-14H2,1H3;1H,(H,2,3)/t18-,19+;/m1./s1. The molecule has 2 aliphatic rings. The van der Waals surface area contributed by atoms with E-state index in [-0.39, 0.29) is 12.4 Å². The number of amides is 1. The number of likely N-dealkylation sites (tertiary alicyclic amines) is 2. The number of fused-ring (bicyclic) bond motifs is 1. The molecule has 4 rings (SSSR count). The Morgan fingerprint density at radius 3 is 2.59 bits per heavy atom. The largest absolute Gasteiger partial charge is 0.483 e. The van der Waals surface area contributed by atoms with Crippen molar-refractivity contribution >= 4 is 12.4 Å². The number of hydrogen-bond donors (Lipinski definition) is 1. The molecule has 2 fully saturated rings. The molecule has 1 aromatic heterocycles. The van der Waals surface area contributed by atoms with E-state index in [2.05, 4.69) is 40.2 Å². The molecule has 2 aliphatic heterocycles. The van der Waals surface area contributed by atoms with E-state index in [0.717, 1.165) is 38.2 Å². The average Bonchev–Trinajstić information content (AvgIpc) is 3.10. The van der Waals surface area contributed by atoms with Crippen molar-refractivity contribution in [2.45, 2.75) is 13.0 Å². The highest BCUT2D eigenvalue weighted by molar-refractivity contribution is 5.80. The Balaban J connectivity index is 0.000000659. The molecule has 0 saturated carbocycles. The normalized spacial score (nSPS) is 22.0. The zero-order valence-corrected chi connectivity index (χ0v) is 15.5. The van der Waals surface area contributed by atoms with Crippen LogP contribution in [0.4, 0.5) is 0 Å².